The lowest BCUT2D eigenvalue weighted by Crippen LogP contribution is -2.68. The van der Waals surface area contributed by atoms with Gasteiger partial charge in [0, 0.05) is 43.6 Å². The topological polar surface area (TPSA) is 58.9 Å². The summed E-state index contributed by atoms with van der Waals surface area (Å²) in [6, 6.07) is 11.9. The van der Waals surface area contributed by atoms with Gasteiger partial charge in [-0.1, -0.05) is 0 Å². The number of pyridine rings is 2. The molecule has 2 unspecified atom stereocenters. The van der Waals surface area contributed by atoms with Crippen LogP contribution in [0.5, 0.6) is 0 Å². The van der Waals surface area contributed by atoms with E-state index in [2.05, 4.69) is 20.2 Å². The van der Waals surface area contributed by atoms with Crippen LogP contribution in [0.4, 0.5) is 14.6 Å². The second-order valence-corrected chi connectivity index (χ2v) is 7.72. The molecule has 0 radical (unpaired) electrons. The van der Waals surface area contributed by atoms with E-state index in [9.17, 15) is 8.78 Å². The van der Waals surface area contributed by atoms with Gasteiger partial charge in [0.25, 0.3) is 0 Å². The van der Waals surface area contributed by atoms with Crippen LogP contribution >= 0.6 is 0 Å². The number of nitrogens with one attached hydrogen (secondary N) is 1. The van der Waals surface area contributed by atoms with Gasteiger partial charge in [0.1, 0.15) is 28.8 Å². The van der Waals surface area contributed by atoms with E-state index in [-0.39, 0.29) is 5.56 Å². The van der Waals surface area contributed by atoms with Crippen molar-refractivity contribution < 1.29 is 8.78 Å². The molecule has 0 aliphatic carbocycles. The first-order valence-electron chi connectivity index (χ1n) is 9.93. The first-order chi connectivity index (χ1) is 14.7. The molecule has 6 nitrogen and oxygen atoms in total. The predicted octanol–water partition coefficient (Wildman–Crippen LogP) is 3.31. The predicted molar refractivity (Wildman–Crippen MR) is 110 cm³/mol. The summed E-state index contributed by atoms with van der Waals surface area (Å²) < 4.78 is 29.9. The minimum atomic E-state index is -0.663. The van der Waals surface area contributed by atoms with Gasteiger partial charge in [0.15, 0.2) is 5.65 Å². The quantitative estimate of drug-likeness (QED) is 0.568. The largest absolute Gasteiger partial charge is 0.348 e. The minimum absolute atomic E-state index is 0.220. The number of benzene rings is 1. The molecule has 2 aliphatic heterocycles. The van der Waals surface area contributed by atoms with Crippen molar-refractivity contribution in [2.24, 2.45) is 0 Å². The molecule has 6 rings (SSSR count). The Bertz CT molecular complexity index is 1240. The highest BCUT2D eigenvalue weighted by atomic mass is 19.1. The summed E-state index contributed by atoms with van der Waals surface area (Å²) in [5.74, 6) is -0.0132. The number of piperidine rings is 1. The molecule has 2 atom stereocenters. The smallest absolute Gasteiger partial charge is 0.167 e. The maximum absolute atomic E-state index is 14.6. The third-order valence-electron chi connectivity index (χ3n) is 5.94. The Labute approximate surface area is 171 Å². The number of fused-ring (bicyclic) bond motifs is 3. The van der Waals surface area contributed by atoms with E-state index in [0.29, 0.717) is 29.1 Å². The molecule has 3 aromatic heterocycles. The monoisotopic (exact) mass is 404 g/mol. The van der Waals surface area contributed by atoms with Crippen LogP contribution in [0, 0.1) is 11.6 Å². The number of hydrogen-bond acceptors (Lipinski definition) is 5. The molecule has 1 aromatic carbocycles. The lowest BCUT2D eigenvalue weighted by Gasteiger charge is -2.53. The molecule has 2 aliphatic rings. The molecule has 150 valence electrons. The van der Waals surface area contributed by atoms with Crippen LogP contribution in [0.25, 0.3) is 28.2 Å². The van der Waals surface area contributed by atoms with E-state index >= 15 is 0 Å². The number of piperazine rings is 1. The van der Waals surface area contributed by atoms with Gasteiger partial charge in [0.05, 0.1) is 11.3 Å². The molecular formula is C22H18F2N6. The molecule has 0 spiro atoms. The van der Waals surface area contributed by atoms with Gasteiger partial charge >= 0.3 is 0 Å². The molecule has 2 fully saturated rings. The van der Waals surface area contributed by atoms with Gasteiger partial charge in [0.2, 0.25) is 0 Å². The van der Waals surface area contributed by atoms with Crippen LogP contribution in [0.2, 0.25) is 0 Å². The van der Waals surface area contributed by atoms with Gasteiger partial charge in [-0.15, -0.1) is 0 Å². The average Bonchev–Trinajstić information content (AvgIpc) is 3.13. The summed E-state index contributed by atoms with van der Waals surface area (Å²) in [7, 11) is 0. The van der Waals surface area contributed by atoms with E-state index in [0.717, 1.165) is 30.7 Å². The second-order valence-electron chi connectivity index (χ2n) is 7.72. The fourth-order valence-electron chi connectivity index (χ4n) is 4.54. The van der Waals surface area contributed by atoms with Gasteiger partial charge < -0.3 is 10.2 Å². The van der Waals surface area contributed by atoms with Crippen LogP contribution < -0.4 is 10.2 Å². The Morgan fingerprint density at radius 1 is 0.933 bits per heavy atom. The van der Waals surface area contributed by atoms with Crippen LogP contribution in [0.1, 0.15) is 6.42 Å². The average molecular weight is 404 g/mol. The van der Waals surface area contributed by atoms with E-state index in [1.165, 1.54) is 18.6 Å². The minimum Gasteiger partial charge on any atom is -0.348 e. The lowest BCUT2D eigenvalue weighted by molar-refractivity contribution is 0.261. The number of halogens is 2. The number of aromatic nitrogens is 4. The van der Waals surface area contributed by atoms with Gasteiger partial charge in [-0.05, 0) is 42.8 Å². The SMILES string of the molecule is Fc1ccc(-c2nc3ccc(N4C5CNCC4C5)nc3n2-c2ccncc2)c(F)c1. The zero-order valence-corrected chi connectivity index (χ0v) is 16.0. The van der Waals surface area contributed by atoms with Crippen molar-refractivity contribution in [2.45, 2.75) is 18.5 Å². The Morgan fingerprint density at radius 2 is 1.73 bits per heavy atom. The Hall–Kier alpha value is -3.39. The molecule has 0 saturated carbocycles. The first-order valence-corrected chi connectivity index (χ1v) is 9.93. The summed E-state index contributed by atoms with van der Waals surface area (Å²) in [4.78, 5) is 16.0. The summed E-state index contributed by atoms with van der Waals surface area (Å²) in [6.07, 6.45) is 4.50. The first kappa shape index (κ1) is 17.5. The Morgan fingerprint density at radius 3 is 2.47 bits per heavy atom. The van der Waals surface area contributed by atoms with E-state index in [1.807, 2.05) is 28.8 Å². The third-order valence-corrected chi connectivity index (χ3v) is 5.94. The molecule has 0 amide bonds. The van der Waals surface area contributed by atoms with Gasteiger partial charge in [-0.3, -0.25) is 9.55 Å². The highest BCUT2D eigenvalue weighted by Gasteiger charge is 2.42. The van der Waals surface area contributed by atoms with Crippen LogP contribution in [-0.4, -0.2) is 44.7 Å². The number of anilines is 1. The van der Waals surface area contributed by atoms with Crippen molar-refractivity contribution in [1.82, 2.24) is 24.8 Å². The van der Waals surface area contributed by atoms with Crippen molar-refractivity contribution in [1.29, 1.82) is 0 Å². The normalized spacial score (nSPS) is 20.4. The van der Waals surface area contributed by atoms with Gasteiger partial charge in [-0.2, -0.15) is 0 Å². The van der Waals surface area contributed by atoms with Crippen molar-refractivity contribution in [2.75, 3.05) is 18.0 Å². The van der Waals surface area contributed by atoms with E-state index < -0.39 is 11.6 Å². The van der Waals surface area contributed by atoms with Crippen molar-refractivity contribution in [3.8, 4) is 17.1 Å². The van der Waals surface area contributed by atoms with Crippen LogP contribution in [0.15, 0.2) is 54.9 Å². The molecule has 8 heteroatoms. The lowest BCUT2D eigenvalue weighted by atomic mass is 9.89. The van der Waals surface area contributed by atoms with Gasteiger partial charge in [-0.25, -0.2) is 18.7 Å². The number of rotatable bonds is 3. The fraction of sp³-hybridized carbons (Fsp3) is 0.227. The van der Waals surface area contributed by atoms with Crippen molar-refractivity contribution in [3.63, 3.8) is 0 Å². The molecule has 2 bridgehead atoms. The van der Waals surface area contributed by atoms with E-state index in [1.54, 1.807) is 12.4 Å². The summed E-state index contributed by atoms with van der Waals surface area (Å²) >= 11 is 0. The van der Waals surface area contributed by atoms with Crippen molar-refractivity contribution >= 4 is 17.0 Å². The second kappa shape index (κ2) is 6.56. The Balaban J connectivity index is 1.57. The molecule has 5 heterocycles. The van der Waals surface area contributed by atoms with Crippen LogP contribution in [0.3, 0.4) is 0 Å². The fourth-order valence-corrected chi connectivity index (χ4v) is 4.54. The highest BCUT2D eigenvalue weighted by molar-refractivity contribution is 5.82. The number of hydrogen-bond donors (Lipinski definition) is 1. The summed E-state index contributed by atoms with van der Waals surface area (Å²) in [6.45, 7) is 1.90. The maximum Gasteiger partial charge on any atom is 0.167 e. The Kier molecular flexibility index (Phi) is 3.82. The zero-order chi connectivity index (χ0) is 20.2. The van der Waals surface area contributed by atoms with Crippen LogP contribution in [-0.2, 0) is 0 Å². The number of imidazole rings is 1. The molecule has 2 saturated heterocycles. The summed E-state index contributed by atoms with van der Waals surface area (Å²) in [5, 5.41) is 3.43. The third kappa shape index (κ3) is 2.60. The number of nitrogens with zero attached hydrogens (tertiary/aromatic N) is 5. The van der Waals surface area contributed by atoms with Crippen molar-refractivity contribution in [3.05, 3.63) is 66.5 Å². The van der Waals surface area contributed by atoms with E-state index in [4.69, 9.17) is 4.98 Å². The zero-order valence-electron chi connectivity index (χ0n) is 16.0. The molecule has 30 heavy (non-hydrogen) atoms. The molecule has 1 N–H and O–H groups in total. The standard InChI is InChI=1S/C22H18F2N6/c23-13-1-2-17(18(24)9-13)21-27-19-3-4-20(29-15-10-16(29)12-26-11-15)28-22(19)30(21)14-5-7-25-8-6-14/h1-9,15-16,26H,10-12H2. The highest BCUT2D eigenvalue weighted by Crippen LogP contribution is 2.35. The maximum atomic E-state index is 14.6. The summed E-state index contributed by atoms with van der Waals surface area (Å²) in [5.41, 5.74) is 2.27. The molecular weight excluding hydrogens is 386 g/mol. The molecule has 4 aromatic rings.